The summed E-state index contributed by atoms with van der Waals surface area (Å²) in [4.78, 5) is 10.7. The highest BCUT2D eigenvalue weighted by Crippen LogP contribution is 2.01. The van der Waals surface area contributed by atoms with Crippen molar-refractivity contribution >= 4 is 15.8 Å². The normalized spacial score (nSPS) is 11.7. The van der Waals surface area contributed by atoms with Gasteiger partial charge in [0.05, 0.1) is 19.3 Å². The van der Waals surface area contributed by atoms with Crippen LogP contribution in [0.15, 0.2) is 0 Å². The molecule has 0 saturated heterocycles. The average Bonchev–Trinajstić information content (AvgIpc) is 2.22. The molecule has 0 amide bonds. The standard InChI is InChI=1S/C8H16O6S/c1-12-7(9)4-5-15(10,11)6-8(13-2)14-3/h8H,4-6H2,1-3H3. The lowest BCUT2D eigenvalue weighted by atomic mass is 10.5. The van der Waals surface area contributed by atoms with Crippen LogP contribution in [-0.4, -0.2) is 53.5 Å². The topological polar surface area (TPSA) is 78.9 Å². The van der Waals surface area contributed by atoms with Gasteiger partial charge in [0.25, 0.3) is 0 Å². The van der Waals surface area contributed by atoms with E-state index in [4.69, 9.17) is 9.47 Å². The molecule has 15 heavy (non-hydrogen) atoms. The summed E-state index contributed by atoms with van der Waals surface area (Å²) < 4.78 is 36.7. The van der Waals surface area contributed by atoms with Gasteiger partial charge in [-0.15, -0.1) is 0 Å². The molecule has 0 aromatic rings. The summed E-state index contributed by atoms with van der Waals surface area (Å²) in [5.41, 5.74) is 0. The zero-order chi connectivity index (χ0) is 11.9. The lowest BCUT2D eigenvalue weighted by Crippen LogP contribution is -2.27. The van der Waals surface area contributed by atoms with Crippen LogP contribution in [-0.2, 0) is 28.8 Å². The highest BCUT2D eigenvalue weighted by Gasteiger charge is 2.19. The Kier molecular flexibility index (Phi) is 6.46. The molecule has 6 nitrogen and oxygen atoms in total. The van der Waals surface area contributed by atoms with Gasteiger partial charge in [-0.25, -0.2) is 8.42 Å². The lowest BCUT2D eigenvalue weighted by molar-refractivity contribution is -0.140. The van der Waals surface area contributed by atoms with Crippen molar-refractivity contribution in [2.75, 3.05) is 32.8 Å². The van der Waals surface area contributed by atoms with Crippen LogP contribution in [0.3, 0.4) is 0 Å². The van der Waals surface area contributed by atoms with E-state index >= 15 is 0 Å². The van der Waals surface area contributed by atoms with Crippen LogP contribution < -0.4 is 0 Å². The van der Waals surface area contributed by atoms with E-state index in [0.29, 0.717) is 0 Å². The van der Waals surface area contributed by atoms with Gasteiger partial charge in [-0.1, -0.05) is 0 Å². The summed E-state index contributed by atoms with van der Waals surface area (Å²) in [6.07, 6.45) is -0.952. The number of carbonyl (C=O) groups is 1. The molecule has 90 valence electrons. The van der Waals surface area contributed by atoms with Gasteiger partial charge in [-0.05, 0) is 0 Å². The van der Waals surface area contributed by atoms with Gasteiger partial charge in [-0.2, -0.15) is 0 Å². The molecule has 0 aliphatic carbocycles. The Balaban J connectivity index is 4.13. The molecule has 7 heteroatoms. The third-order valence-corrected chi connectivity index (χ3v) is 3.37. The van der Waals surface area contributed by atoms with Gasteiger partial charge in [-0.3, -0.25) is 4.79 Å². The second kappa shape index (κ2) is 6.76. The van der Waals surface area contributed by atoms with E-state index in [2.05, 4.69) is 4.74 Å². The van der Waals surface area contributed by atoms with Crippen molar-refractivity contribution in [3.05, 3.63) is 0 Å². The molecule has 0 N–H and O–H groups in total. The summed E-state index contributed by atoms with van der Waals surface area (Å²) in [7, 11) is 0.552. The average molecular weight is 240 g/mol. The predicted molar refractivity (Wildman–Crippen MR) is 53.1 cm³/mol. The van der Waals surface area contributed by atoms with E-state index < -0.39 is 22.1 Å². The Morgan fingerprint density at radius 2 is 1.73 bits per heavy atom. The van der Waals surface area contributed by atoms with Crippen molar-refractivity contribution in [1.82, 2.24) is 0 Å². The third kappa shape index (κ3) is 6.43. The van der Waals surface area contributed by atoms with Gasteiger partial charge in [0.2, 0.25) is 0 Å². The molecule has 0 fully saturated rings. The first-order chi connectivity index (χ1) is 6.95. The number of esters is 1. The number of hydrogen-bond acceptors (Lipinski definition) is 6. The lowest BCUT2D eigenvalue weighted by Gasteiger charge is -2.12. The first-order valence-electron chi connectivity index (χ1n) is 4.28. The molecule has 0 aliphatic heterocycles. The Labute approximate surface area is 89.4 Å². The van der Waals surface area contributed by atoms with Crippen molar-refractivity contribution in [2.24, 2.45) is 0 Å². The molecule has 0 heterocycles. The highest BCUT2D eigenvalue weighted by molar-refractivity contribution is 7.91. The molecule has 0 radical (unpaired) electrons. The Bertz CT molecular complexity index is 280. The first-order valence-corrected chi connectivity index (χ1v) is 6.10. The number of methoxy groups -OCH3 is 3. The van der Waals surface area contributed by atoms with E-state index in [-0.39, 0.29) is 17.9 Å². The molecule has 0 saturated carbocycles. The third-order valence-electron chi connectivity index (χ3n) is 1.76. The van der Waals surface area contributed by atoms with E-state index in [9.17, 15) is 13.2 Å². The second-order valence-electron chi connectivity index (χ2n) is 2.84. The van der Waals surface area contributed by atoms with E-state index in [0.717, 1.165) is 0 Å². The summed E-state index contributed by atoms with van der Waals surface area (Å²) >= 11 is 0. The van der Waals surface area contributed by atoms with Crippen LogP contribution in [0, 0.1) is 0 Å². The maximum Gasteiger partial charge on any atom is 0.306 e. The van der Waals surface area contributed by atoms with E-state index in [1.807, 2.05) is 0 Å². The molecule has 0 aliphatic rings. The fourth-order valence-corrected chi connectivity index (χ4v) is 2.20. The molecular formula is C8H16O6S. The maximum absolute atomic E-state index is 11.4. The first kappa shape index (κ1) is 14.3. The monoisotopic (exact) mass is 240 g/mol. The van der Waals surface area contributed by atoms with Crippen LogP contribution in [0.4, 0.5) is 0 Å². The van der Waals surface area contributed by atoms with Crippen molar-refractivity contribution < 1.29 is 27.4 Å². The minimum atomic E-state index is -3.36. The van der Waals surface area contributed by atoms with Gasteiger partial charge >= 0.3 is 5.97 Å². The van der Waals surface area contributed by atoms with Gasteiger partial charge in [0.15, 0.2) is 16.1 Å². The molecule has 0 rings (SSSR count). The summed E-state index contributed by atoms with van der Waals surface area (Å²) in [5, 5.41) is 0. The predicted octanol–water partition coefficient (Wildman–Crippen LogP) is -0.417. The molecular weight excluding hydrogens is 224 g/mol. The largest absolute Gasteiger partial charge is 0.469 e. The number of rotatable bonds is 7. The van der Waals surface area contributed by atoms with Crippen molar-refractivity contribution in [2.45, 2.75) is 12.7 Å². The van der Waals surface area contributed by atoms with Gasteiger partial charge < -0.3 is 14.2 Å². The van der Waals surface area contributed by atoms with Gasteiger partial charge in [0, 0.05) is 14.2 Å². The zero-order valence-corrected chi connectivity index (χ0v) is 9.87. The molecule has 0 unspecified atom stereocenters. The van der Waals surface area contributed by atoms with E-state index in [1.165, 1.54) is 21.3 Å². The minimum absolute atomic E-state index is 0.154. The summed E-state index contributed by atoms with van der Waals surface area (Å²) in [6.45, 7) is 0. The van der Waals surface area contributed by atoms with Crippen molar-refractivity contribution in [3.8, 4) is 0 Å². The number of sulfone groups is 1. The zero-order valence-electron chi connectivity index (χ0n) is 9.06. The molecule has 0 atom stereocenters. The Hall–Kier alpha value is -0.660. The number of ether oxygens (including phenoxy) is 3. The smallest absolute Gasteiger partial charge is 0.306 e. The van der Waals surface area contributed by atoms with Crippen LogP contribution in [0.1, 0.15) is 6.42 Å². The van der Waals surface area contributed by atoms with E-state index in [1.54, 1.807) is 0 Å². The van der Waals surface area contributed by atoms with Crippen molar-refractivity contribution in [1.29, 1.82) is 0 Å². The van der Waals surface area contributed by atoms with Gasteiger partial charge in [0.1, 0.15) is 5.75 Å². The highest BCUT2D eigenvalue weighted by atomic mass is 32.2. The second-order valence-corrected chi connectivity index (χ2v) is 5.07. The molecule has 0 spiro atoms. The molecule has 0 aromatic carbocycles. The van der Waals surface area contributed by atoms with Crippen LogP contribution in [0.2, 0.25) is 0 Å². The fourth-order valence-electron chi connectivity index (χ4n) is 0.864. The Morgan fingerprint density at radius 1 is 1.20 bits per heavy atom. The molecule has 0 aromatic heterocycles. The minimum Gasteiger partial charge on any atom is -0.469 e. The summed E-state index contributed by atoms with van der Waals surface area (Å²) in [6, 6.07) is 0. The SMILES string of the molecule is COC(=O)CCS(=O)(=O)CC(OC)OC. The number of carbonyl (C=O) groups excluding carboxylic acids is 1. The summed E-state index contributed by atoms with van der Waals surface area (Å²) in [5.74, 6) is -1.08. The quantitative estimate of drug-likeness (QED) is 0.444. The van der Waals surface area contributed by atoms with Crippen LogP contribution in [0.5, 0.6) is 0 Å². The van der Waals surface area contributed by atoms with Crippen LogP contribution >= 0.6 is 0 Å². The fraction of sp³-hybridized carbons (Fsp3) is 0.875. The van der Waals surface area contributed by atoms with Crippen LogP contribution in [0.25, 0.3) is 0 Å². The molecule has 0 bridgehead atoms. The number of hydrogen-bond donors (Lipinski definition) is 0. The van der Waals surface area contributed by atoms with Crippen molar-refractivity contribution in [3.63, 3.8) is 0 Å². The maximum atomic E-state index is 11.4. The Morgan fingerprint density at radius 3 is 2.13 bits per heavy atom.